The maximum absolute atomic E-state index is 12.7. The lowest BCUT2D eigenvalue weighted by atomic mass is 10.0. The van der Waals surface area contributed by atoms with E-state index in [-0.39, 0.29) is 32.6 Å². The summed E-state index contributed by atoms with van der Waals surface area (Å²) in [7, 11) is -4.42. The largest absolute Gasteiger partial charge is 0.472 e. The zero-order chi connectivity index (χ0) is 63.0. The van der Waals surface area contributed by atoms with E-state index in [4.69, 9.17) is 24.3 Å². The molecule has 0 aromatic heterocycles. The van der Waals surface area contributed by atoms with E-state index in [1.807, 2.05) is 0 Å². The molecule has 0 rings (SSSR count). The highest BCUT2D eigenvalue weighted by Gasteiger charge is 2.26. The quantitative estimate of drug-likeness (QED) is 0.0264. The summed E-state index contributed by atoms with van der Waals surface area (Å²) >= 11 is 0. The minimum atomic E-state index is -4.42. The average molecular weight is 1220 g/mol. The van der Waals surface area contributed by atoms with Crippen LogP contribution in [-0.2, 0) is 32.7 Å². The first-order valence-corrected chi connectivity index (χ1v) is 35.4. The smallest absolute Gasteiger partial charge is 0.462 e. The van der Waals surface area contributed by atoms with Crippen molar-refractivity contribution >= 4 is 19.8 Å². The number of phosphoric acid groups is 1. The monoisotopic (exact) mass is 1220 g/mol. The molecule has 0 amide bonds. The number of carbonyl (C=O) groups is 2. The third-order valence-electron chi connectivity index (χ3n) is 13.5. The summed E-state index contributed by atoms with van der Waals surface area (Å²) in [4.78, 5) is 35.3. The average Bonchev–Trinajstić information content (AvgIpc) is 3.65. The van der Waals surface area contributed by atoms with E-state index in [1.165, 1.54) is 64.2 Å². The number of unbranched alkanes of at least 4 members (excludes halogenated alkanes) is 16. The van der Waals surface area contributed by atoms with Gasteiger partial charge in [0, 0.05) is 19.4 Å². The van der Waals surface area contributed by atoms with E-state index in [0.29, 0.717) is 6.42 Å². The molecular weight excluding hydrogens is 1100 g/mol. The van der Waals surface area contributed by atoms with Gasteiger partial charge in [0.2, 0.25) is 0 Å². The standard InChI is InChI=1S/C77H122NO8P/c1-3-5-7-9-11-13-15-17-19-21-23-25-27-29-31-33-34-35-36-37-38-39-40-42-44-46-48-50-52-54-56-58-60-62-64-66-68-70-77(80)86-75(74-85-87(81,82)84-72-71-78)73-83-76(79)69-67-65-63-61-59-57-55-53-51-49-47-45-43-41-32-30-28-26-24-22-20-18-16-14-12-10-8-6-4-2/h5-8,11-14,17-20,23-26,29-32,34-35,37-38,40,42,46,48,52,54,58,60,75H,3-4,9-10,15-16,21-22,27-28,33,36,39,41,43-45,47,49-51,53,55-57,59,61-74,78H2,1-2H3,(H,81,82)/b7-5-,8-6-,13-11-,14-12-,19-17-,20-18-,25-23-,26-24-,31-29-,32-30-,35-34-,38-37-,42-40-,48-46-,54-52-,60-58-. The van der Waals surface area contributed by atoms with Gasteiger partial charge in [-0.2, -0.15) is 0 Å². The summed E-state index contributed by atoms with van der Waals surface area (Å²) < 4.78 is 33.1. The van der Waals surface area contributed by atoms with Crippen molar-refractivity contribution in [3.8, 4) is 0 Å². The van der Waals surface area contributed by atoms with E-state index >= 15 is 0 Å². The maximum atomic E-state index is 12.7. The Balaban J connectivity index is 4.06. The Labute approximate surface area is 532 Å². The van der Waals surface area contributed by atoms with Gasteiger partial charge in [-0.25, -0.2) is 4.57 Å². The van der Waals surface area contributed by atoms with Gasteiger partial charge in [-0.3, -0.25) is 18.6 Å². The third kappa shape index (κ3) is 69.8. The highest BCUT2D eigenvalue weighted by molar-refractivity contribution is 7.47. The Bertz CT molecular complexity index is 2130. The summed E-state index contributed by atoms with van der Waals surface area (Å²) in [5, 5.41) is 0. The van der Waals surface area contributed by atoms with Crippen LogP contribution in [0.1, 0.15) is 245 Å². The molecule has 0 aliphatic rings. The van der Waals surface area contributed by atoms with Gasteiger partial charge in [-0.05, 0) is 141 Å². The number of phosphoric ester groups is 1. The first kappa shape index (κ1) is 81.8. The van der Waals surface area contributed by atoms with Crippen molar-refractivity contribution in [1.29, 1.82) is 0 Å². The molecule has 0 fully saturated rings. The molecular formula is C77H122NO8P. The summed E-state index contributed by atoms with van der Waals surface area (Å²) in [6.07, 6.45) is 106. The van der Waals surface area contributed by atoms with E-state index in [0.717, 1.165) is 148 Å². The molecule has 9 nitrogen and oxygen atoms in total. The lowest BCUT2D eigenvalue weighted by Crippen LogP contribution is -2.29. The van der Waals surface area contributed by atoms with E-state index in [9.17, 15) is 19.0 Å². The zero-order valence-corrected chi connectivity index (χ0v) is 55.6. The van der Waals surface area contributed by atoms with E-state index in [1.54, 1.807) is 0 Å². The highest BCUT2D eigenvalue weighted by atomic mass is 31.2. The predicted octanol–water partition coefficient (Wildman–Crippen LogP) is 22.5. The number of carbonyl (C=O) groups excluding carboxylic acids is 2. The zero-order valence-electron chi connectivity index (χ0n) is 54.7. The fraction of sp³-hybridized carbons (Fsp3) is 0.558. The minimum absolute atomic E-state index is 0.0373. The van der Waals surface area contributed by atoms with Gasteiger partial charge in [0.15, 0.2) is 6.10 Å². The molecule has 0 aliphatic heterocycles. The third-order valence-corrected chi connectivity index (χ3v) is 14.5. The number of allylic oxidation sites excluding steroid dienone is 32. The van der Waals surface area contributed by atoms with Crippen LogP contribution < -0.4 is 5.73 Å². The Kier molecular flexibility index (Phi) is 65.8. The topological polar surface area (TPSA) is 134 Å². The van der Waals surface area contributed by atoms with Crippen LogP contribution in [0.3, 0.4) is 0 Å². The predicted molar refractivity (Wildman–Crippen MR) is 375 cm³/mol. The second-order valence-corrected chi connectivity index (χ2v) is 23.0. The Morgan fingerprint density at radius 2 is 0.598 bits per heavy atom. The molecule has 10 heteroatoms. The molecule has 0 bridgehead atoms. The van der Waals surface area contributed by atoms with Crippen LogP contribution in [0, 0.1) is 0 Å². The lowest BCUT2D eigenvalue weighted by molar-refractivity contribution is -0.161. The van der Waals surface area contributed by atoms with Crippen molar-refractivity contribution in [2.24, 2.45) is 5.73 Å². The molecule has 0 aromatic rings. The van der Waals surface area contributed by atoms with Crippen LogP contribution >= 0.6 is 7.82 Å². The van der Waals surface area contributed by atoms with Gasteiger partial charge >= 0.3 is 19.8 Å². The number of hydrogen-bond acceptors (Lipinski definition) is 8. The first-order valence-electron chi connectivity index (χ1n) is 33.9. The summed E-state index contributed by atoms with van der Waals surface area (Å²) in [5.41, 5.74) is 5.39. The van der Waals surface area contributed by atoms with Crippen LogP contribution in [-0.4, -0.2) is 49.3 Å². The van der Waals surface area contributed by atoms with E-state index in [2.05, 4.69) is 208 Å². The molecule has 0 saturated carbocycles. The molecule has 2 unspecified atom stereocenters. The maximum Gasteiger partial charge on any atom is 0.472 e. The highest BCUT2D eigenvalue weighted by Crippen LogP contribution is 2.43. The number of nitrogens with two attached hydrogens (primary N) is 1. The van der Waals surface area contributed by atoms with Crippen LogP contribution in [0.5, 0.6) is 0 Å². The Morgan fingerprint density at radius 1 is 0.345 bits per heavy atom. The van der Waals surface area contributed by atoms with Crippen molar-refractivity contribution in [2.45, 2.75) is 251 Å². The Morgan fingerprint density at radius 3 is 0.897 bits per heavy atom. The molecule has 488 valence electrons. The van der Waals surface area contributed by atoms with Gasteiger partial charge in [0.05, 0.1) is 13.2 Å². The Hall–Kier alpha value is -5.15. The number of esters is 2. The molecule has 87 heavy (non-hydrogen) atoms. The van der Waals surface area contributed by atoms with Crippen molar-refractivity contribution < 1.29 is 37.6 Å². The van der Waals surface area contributed by atoms with Crippen molar-refractivity contribution in [2.75, 3.05) is 26.4 Å². The molecule has 0 aromatic carbocycles. The van der Waals surface area contributed by atoms with Crippen molar-refractivity contribution in [1.82, 2.24) is 0 Å². The van der Waals surface area contributed by atoms with Gasteiger partial charge in [-0.1, -0.05) is 285 Å². The van der Waals surface area contributed by atoms with Gasteiger partial charge < -0.3 is 20.1 Å². The molecule has 0 heterocycles. The first-order chi connectivity index (χ1) is 42.8. The van der Waals surface area contributed by atoms with Gasteiger partial charge in [0.25, 0.3) is 0 Å². The summed E-state index contributed by atoms with van der Waals surface area (Å²) in [5.74, 6) is -0.880. The lowest BCUT2D eigenvalue weighted by Gasteiger charge is -2.19. The second-order valence-electron chi connectivity index (χ2n) is 21.6. The van der Waals surface area contributed by atoms with Crippen LogP contribution in [0.4, 0.5) is 0 Å². The molecule has 2 atom stereocenters. The summed E-state index contributed by atoms with van der Waals surface area (Å²) in [6, 6.07) is 0. The number of rotatable bonds is 61. The van der Waals surface area contributed by atoms with Gasteiger partial charge in [-0.15, -0.1) is 0 Å². The van der Waals surface area contributed by atoms with Crippen LogP contribution in [0.15, 0.2) is 194 Å². The molecule has 0 saturated heterocycles. The van der Waals surface area contributed by atoms with Crippen molar-refractivity contribution in [3.63, 3.8) is 0 Å². The number of ether oxygens (including phenoxy) is 2. The molecule has 3 N–H and O–H groups in total. The minimum Gasteiger partial charge on any atom is -0.462 e. The van der Waals surface area contributed by atoms with E-state index < -0.39 is 32.5 Å². The fourth-order valence-corrected chi connectivity index (χ4v) is 9.31. The summed E-state index contributed by atoms with van der Waals surface area (Å²) in [6.45, 7) is 3.46. The van der Waals surface area contributed by atoms with Crippen LogP contribution in [0.25, 0.3) is 0 Å². The number of hydrogen-bond donors (Lipinski definition) is 2. The molecule has 0 radical (unpaired) electrons. The van der Waals surface area contributed by atoms with Crippen LogP contribution in [0.2, 0.25) is 0 Å². The second kappa shape index (κ2) is 69.9. The SMILES string of the molecule is CC/C=C\C/C=C\C/C=C\C/C=C\C/C=C\C/C=C\C/C=C\C/C=C\C/C=C\C/C=C\C/C=C\CCCCCC(=O)OC(COC(=O)CCCCCCCCCCCCCCC/C=C\C/C=C\C/C=C\C/C=C\C/C=C\CC)COP(=O)(O)OCCN. The molecule has 0 aliphatic carbocycles. The molecule has 0 spiro atoms. The van der Waals surface area contributed by atoms with Crippen molar-refractivity contribution in [3.05, 3.63) is 194 Å². The fourth-order valence-electron chi connectivity index (χ4n) is 8.55. The van der Waals surface area contributed by atoms with Gasteiger partial charge in [0.1, 0.15) is 6.61 Å². The normalized spacial score (nSPS) is 14.2.